The van der Waals surface area contributed by atoms with Gasteiger partial charge in [0.15, 0.2) is 18.9 Å². The molecule has 3 fully saturated rings. The highest BCUT2D eigenvalue weighted by molar-refractivity contribution is 4.96. The van der Waals surface area contributed by atoms with E-state index in [1.165, 1.54) is 0 Å². The van der Waals surface area contributed by atoms with Gasteiger partial charge in [-0.3, -0.25) is 0 Å². The van der Waals surface area contributed by atoms with Crippen LogP contribution in [0.4, 0.5) is 0 Å². The van der Waals surface area contributed by atoms with Gasteiger partial charge in [0.05, 0.1) is 19.8 Å². The Hall–Kier alpha value is -0.640. The summed E-state index contributed by atoms with van der Waals surface area (Å²) in [5.41, 5.74) is 0. The molecule has 0 bridgehead atoms. The van der Waals surface area contributed by atoms with Crippen LogP contribution in [0, 0.1) is 0 Å². The molecule has 3 aliphatic heterocycles. The first kappa shape index (κ1) is 27.9. The summed E-state index contributed by atoms with van der Waals surface area (Å²) < 4.78 is 26.4. The van der Waals surface area contributed by atoms with Crippen molar-refractivity contribution in [3.05, 3.63) is 0 Å². The predicted molar refractivity (Wildman–Crippen MR) is 101 cm³/mol. The van der Waals surface area contributed by atoms with Crippen LogP contribution in [-0.2, 0) is 23.7 Å². The van der Waals surface area contributed by atoms with Crippen molar-refractivity contribution >= 4 is 0 Å². The van der Waals surface area contributed by atoms with Gasteiger partial charge in [-0.25, -0.2) is 0 Å². The molecule has 34 heavy (non-hydrogen) atoms. The van der Waals surface area contributed by atoms with Gasteiger partial charge in [0.1, 0.15) is 73.2 Å². The second-order valence-corrected chi connectivity index (χ2v) is 8.33. The van der Waals surface area contributed by atoms with Crippen LogP contribution in [0.3, 0.4) is 0 Å². The summed E-state index contributed by atoms with van der Waals surface area (Å²) in [5, 5.41) is 109. The Morgan fingerprint density at radius 3 is 1.26 bits per heavy atom. The van der Waals surface area contributed by atoms with E-state index >= 15 is 0 Å². The number of hydrogen-bond donors (Lipinski definition) is 11. The summed E-state index contributed by atoms with van der Waals surface area (Å²) in [5.74, 6) is 0. The van der Waals surface area contributed by atoms with Crippen molar-refractivity contribution in [3.8, 4) is 0 Å². The summed E-state index contributed by atoms with van der Waals surface area (Å²) in [7, 11) is 0. The number of ether oxygens (including phenoxy) is 5. The lowest BCUT2D eigenvalue weighted by atomic mass is 9.96. The molecular weight excluding hydrogens is 472 g/mol. The maximum Gasteiger partial charge on any atom is 0.187 e. The molecule has 16 nitrogen and oxygen atoms in total. The number of aliphatic hydroxyl groups excluding tert-OH is 11. The highest BCUT2D eigenvalue weighted by Crippen LogP contribution is 2.32. The minimum absolute atomic E-state index is 0.750. The van der Waals surface area contributed by atoms with Crippen LogP contribution >= 0.6 is 0 Å². The van der Waals surface area contributed by atoms with E-state index in [0.717, 1.165) is 0 Å². The first-order valence-corrected chi connectivity index (χ1v) is 10.6. The van der Waals surface area contributed by atoms with Crippen molar-refractivity contribution < 1.29 is 79.9 Å². The third-order valence-corrected chi connectivity index (χ3v) is 6.09. The summed E-state index contributed by atoms with van der Waals surface area (Å²) >= 11 is 0. The minimum atomic E-state index is -1.92. The van der Waals surface area contributed by atoms with E-state index in [9.17, 15) is 56.2 Å². The van der Waals surface area contributed by atoms with E-state index in [0.29, 0.717) is 0 Å². The van der Waals surface area contributed by atoms with Gasteiger partial charge in [0, 0.05) is 0 Å². The highest BCUT2D eigenvalue weighted by Gasteiger charge is 2.53. The molecule has 0 aliphatic carbocycles. The van der Waals surface area contributed by atoms with Gasteiger partial charge in [-0.1, -0.05) is 0 Å². The zero-order chi connectivity index (χ0) is 25.3. The van der Waals surface area contributed by atoms with Gasteiger partial charge in [-0.2, -0.15) is 0 Å². The topological polar surface area (TPSA) is 269 Å². The zero-order valence-corrected chi connectivity index (χ0v) is 17.7. The summed E-state index contributed by atoms with van der Waals surface area (Å²) in [6.07, 6.45) is -25.4. The fraction of sp³-hybridized carbons (Fsp3) is 1.00. The second-order valence-electron chi connectivity index (χ2n) is 8.33. The van der Waals surface area contributed by atoms with Crippen LogP contribution in [-0.4, -0.2) is 168 Å². The second kappa shape index (κ2) is 11.6. The first-order chi connectivity index (χ1) is 16.0. The van der Waals surface area contributed by atoms with E-state index in [1.807, 2.05) is 0 Å². The fourth-order valence-electron chi connectivity index (χ4n) is 4.04. The van der Waals surface area contributed by atoms with Crippen LogP contribution in [0.25, 0.3) is 0 Å². The van der Waals surface area contributed by atoms with Gasteiger partial charge in [-0.15, -0.1) is 0 Å². The molecule has 3 heterocycles. The summed E-state index contributed by atoms with van der Waals surface area (Å²) in [4.78, 5) is 0. The normalized spacial score (nSPS) is 52.5. The minimum Gasteiger partial charge on any atom is -0.394 e. The molecule has 200 valence electrons. The van der Waals surface area contributed by atoms with Crippen molar-refractivity contribution in [3.63, 3.8) is 0 Å². The first-order valence-electron chi connectivity index (χ1n) is 10.6. The molecule has 0 aromatic rings. The zero-order valence-electron chi connectivity index (χ0n) is 17.7. The molecule has 0 unspecified atom stereocenters. The van der Waals surface area contributed by atoms with Crippen LogP contribution in [0.1, 0.15) is 0 Å². The molecule has 3 saturated heterocycles. The molecule has 0 aromatic carbocycles. The van der Waals surface area contributed by atoms with Gasteiger partial charge < -0.3 is 79.9 Å². The Morgan fingerprint density at radius 2 is 0.853 bits per heavy atom. The van der Waals surface area contributed by atoms with E-state index in [1.54, 1.807) is 0 Å². The lowest BCUT2D eigenvalue weighted by Gasteiger charge is -2.47. The molecule has 0 radical (unpaired) electrons. The lowest BCUT2D eigenvalue weighted by molar-refractivity contribution is -0.382. The largest absolute Gasteiger partial charge is 0.394 e. The average molecular weight is 504 g/mol. The molecule has 0 aromatic heterocycles. The Bertz CT molecular complexity index is 637. The number of hydrogen-bond acceptors (Lipinski definition) is 16. The van der Waals surface area contributed by atoms with Crippen LogP contribution < -0.4 is 0 Å². The van der Waals surface area contributed by atoms with Gasteiger partial charge in [0.25, 0.3) is 0 Å². The van der Waals surface area contributed by atoms with Gasteiger partial charge >= 0.3 is 0 Å². The lowest BCUT2D eigenvalue weighted by Crippen LogP contribution is -2.66. The Kier molecular flexibility index (Phi) is 9.54. The number of aliphatic hydroxyl groups is 11. The van der Waals surface area contributed by atoms with Crippen LogP contribution in [0.5, 0.6) is 0 Å². The third-order valence-electron chi connectivity index (χ3n) is 6.09. The Labute approximate surface area is 192 Å². The molecule has 0 saturated carbocycles. The van der Waals surface area contributed by atoms with E-state index < -0.39 is 112 Å². The fourth-order valence-corrected chi connectivity index (χ4v) is 4.04. The third kappa shape index (κ3) is 5.37. The van der Waals surface area contributed by atoms with Crippen LogP contribution in [0.2, 0.25) is 0 Å². The smallest absolute Gasteiger partial charge is 0.187 e. The van der Waals surface area contributed by atoms with Crippen LogP contribution in [0.15, 0.2) is 0 Å². The Morgan fingerprint density at radius 1 is 0.441 bits per heavy atom. The van der Waals surface area contributed by atoms with Gasteiger partial charge in [0.2, 0.25) is 0 Å². The molecule has 3 rings (SSSR count). The standard InChI is InChI=1S/C18H32O16/c19-1-4-7(22)9(24)11(26)17(31-4)33-14-6(3-21)30-16(29)15(13(14)28)34-18-12(27)10(25)8(23)5(2-20)32-18/h4-29H,1-3H2/t4-,5-,6-,7-,8+,9+,10+,11-,12+,13-,14+,15+,16-,17+,18-/m1/s1. The van der Waals surface area contributed by atoms with Crippen molar-refractivity contribution in [2.24, 2.45) is 0 Å². The van der Waals surface area contributed by atoms with Gasteiger partial charge in [-0.05, 0) is 0 Å². The number of rotatable bonds is 7. The SMILES string of the molecule is OC[C@H]1O[C@H](O[C@H]2[C@H](O)[C@@H](O[C@@H]3O[C@H](CO)[C@@H](O)[C@H](O)[C@H]3O)[C@@H](CO)O[C@H]2O)[C@@H](O)[C@@H](O)[C@H]1O. The van der Waals surface area contributed by atoms with E-state index in [2.05, 4.69) is 0 Å². The van der Waals surface area contributed by atoms with Crippen molar-refractivity contribution in [1.29, 1.82) is 0 Å². The van der Waals surface area contributed by atoms with Crippen molar-refractivity contribution in [2.45, 2.75) is 92.1 Å². The monoisotopic (exact) mass is 504 g/mol. The molecule has 0 spiro atoms. The van der Waals surface area contributed by atoms with Crippen molar-refractivity contribution in [2.75, 3.05) is 19.8 Å². The molecular formula is C18H32O16. The average Bonchev–Trinajstić information content (AvgIpc) is 2.82. The highest BCUT2D eigenvalue weighted by atomic mass is 16.8. The summed E-state index contributed by atoms with van der Waals surface area (Å²) in [6, 6.07) is 0. The Balaban J connectivity index is 1.76. The molecule has 15 atom stereocenters. The maximum atomic E-state index is 10.8. The molecule has 11 N–H and O–H groups in total. The van der Waals surface area contributed by atoms with E-state index in [-0.39, 0.29) is 0 Å². The summed E-state index contributed by atoms with van der Waals surface area (Å²) in [6.45, 7) is -2.31. The molecule has 3 aliphatic rings. The molecule has 0 amide bonds. The molecule has 16 heteroatoms. The maximum absolute atomic E-state index is 10.8. The van der Waals surface area contributed by atoms with Crippen molar-refractivity contribution in [1.82, 2.24) is 0 Å². The quantitative estimate of drug-likeness (QED) is 0.154. The van der Waals surface area contributed by atoms with E-state index in [4.69, 9.17) is 23.7 Å². The predicted octanol–water partition coefficient (Wildman–Crippen LogP) is -7.57.